The van der Waals surface area contributed by atoms with Crippen LogP contribution in [-0.2, 0) is 20.9 Å². The Balaban J connectivity index is 1.70. The van der Waals surface area contributed by atoms with E-state index in [1.807, 2.05) is 12.3 Å². The van der Waals surface area contributed by atoms with E-state index in [0.717, 1.165) is 19.3 Å². The Labute approximate surface area is 247 Å². The van der Waals surface area contributed by atoms with Crippen molar-refractivity contribution in [1.82, 2.24) is 29.9 Å². The van der Waals surface area contributed by atoms with Crippen LogP contribution in [0.5, 0.6) is 0 Å². The first kappa shape index (κ1) is 32.0. The van der Waals surface area contributed by atoms with E-state index >= 15 is 0 Å². The zero-order chi connectivity index (χ0) is 30.5. The third-order valence-corrected chi connectivity index (χ3v) is 7.02. The van der Waals surface area contributed by atoms with Crippen LogP contribution in [0, 0.1) is 0 Å². The molecule has 0 unspecified atom stereocenters. The third kappa shape index (κ3) is 9.54. The number of rotatable bonds is 16. The third-order valence-electron chi connectivity index (χ3n) is 6.25. The summed E-state index contributed by atoms with van der Waals surface area (Å²) in [5, 5.41) is 12.5. The highest BCUT2D eigenvalue weighted by Crippen LogP contribution is 2.12. The van der Waals surface area contributed by atoms with Gasteiger partial charge in [-0.1, -0.05) is 39.3 Å². The standard InChI is InChI=1S/C29H37N7O5S/c1-4-6-9-14-30-24(37)13-8-7-11-21(32-27(40)23-18-36-16-17-42-29(36)34-23)26(39)33-22-12-10-15-35(28(22)41)19-25(38)31-20(3)5-2/h8,10,12-13,15-18,21H,3-7,9,11,14,19H2,1-2H3,(H,30,37)(H,31,38)(H,32,40)(H,33,39)/b13-8+/t21-/m0/s1. The maximum Gasteiger partial charge on any atom is 0.274 e. The molecule has 0 aliphatic carbocycles. The van der Waals surface area contributed by atoms with Gasteiger partial charge in [-0.25, -0.2) is 4.98 Å². The minimum atomic E-state index is -1.04. The summed E-state index contributed by atoms with van der Waals surface area (Å²) >= 11 is 1.37. The average Bonchev–Trinajstić information content (AvgIpc) is 3.58. The number of allylic oxidation sites excluding steroid dienone is 2. The average molecular weight is 596 g/mol. The molecule has 0 aliphatic rings. The van der Waals surface area contributed by atoms with E-state index in [1.54, 1.807) is 22.9 Å². The lowest BCUT2D eigenvalue weighted by molar-refractivity contribution is -0.121. The van der Waals surface area contributed by atoms with Crippen LogP contribution < -0.4 is 26.8 Å². The lowest BCUT2D eigenvalue weighted by Crippen LogP contribution is -2.44. The normalized spacial score (nSPS) is 11.8. The maximum absolute atomic E-state index is 13.3. The number of nitrogens with one attached hydrogen (secondary N) is 4. The van der Waals surface area contributed by atoms with Crippen LogP contribution in [0.3, 0.4) is 0 Å². The highest BCUT2D eigenvalue weighted by atomic mass is 32.1. The second kappa shape index (κ2) is 16.1. The Morgan fingerprint density at radius 1 is 1.17 bits per heavy atom. The van der Waals surface area contributed by atoms with Crippen molar-refractivity contribution < 1.29 is 19.2 Å². The largest absolute Gasteiger partial charge is 0.353 e. The first-order valence-electron chi connectivity index (χ1n) is 13.9. The van der Waals surface area contributed by atoms with Gasteiger partial charge in [0.2, 0.25) is 17.7 Å². The van der Waals surface area contributed by atoms with Gasteiger partial charge in [0.05, 0.1) is 0 Å². The van der Waals surface area contributed by atoms with Crippen LogP contribution >= 0.6 is 11.3 Å². The fourth-order valence-corrected chi connectivity index (χ4v) is 4.59. The van der Waals surface area contributed by atoms with E-state index < -0.39 is 29.3 Å². The summed E-state index contributed by atoms with van der Waals surface area (Å²) in [6.07, 6.45) is 11.8. The van der Waals surface area contributed by atoms with Crippen LogP contribution in [0.2, 0.25) is 0 Å². The molecular formula is C29H37N7O5S. The number of carbonyl (C=O) groups is 4. The lowest BCUT2D eigenvalue weighted by atomic mass is 10.1. The van der Waals surface area contributed by atoms with Crippen molar-refractivity contribution >= 4 is 45.6 Å². The molecule has 4 N–H and O–H groups in total. The second-order valence-corrected chi connectivity index (χ2v) is 10.4. The fraction of sp³-hybridized carbons (Fsp3) is 0.379. The van der Waals surface area contributed by atoms with Crippen LogP contribution in [0.4, 0.5) is 5.69 Å². The van der Waals surface area contributed by atoms with Crippen molar-refractivity contribution in [3.05, 3.63) is 76.6 Å². The van der Waals surface area contributed by atoms with E-state index in [2.05, 4.69) is 39.8 Å². The molecule has 3 aromatic rings. The van der Waals surface area contributed by atoms with Gasteiger partial charge in [0.1, 0.15) is 24.0 Å². The Morgan fingerprint density at radius 2 is 1.98 bits per heavy atom. The van der Waals surface area contributed by atoms with E-state index in [9.17, 15) is 24.0 Å². The summed E-state index contributed by atoms with van der Waals surface area (Å²) in [6, 6.07) is 1.91. The molecule has 0 aromatic carbocycles. The Bertz CT molecular complexity index is 1470. The van der Waals surface area contributed by atoms with Gasteiger partial charge in [0, 0.05) is 36.2 Å². The number of imidazole rings is 1. The van der Waals surface area contributed by atoms with Gasteiger partial charge < -0.3 is 25.8 Å². The molecule has 3 aromatic heterocycles. The van der Waals surface area contributed by atoms with Gasteiger partial charge in [-0.15, -0.1) is 11.3 Å². The number of nitrogens with zero attached hydrogens (tertiary/aromatic N) is 3. The molecule has 0 spiro atoms. The molecule has 0 radical (unpaired) electrons. The van der Waals surface area contributed by atoms with Gasteiger partial charge in [0.25, 0.3) is 11.5 Å². The van der Waals surface area contributed by atoms with Crippen LogP contribution in [0.1, 0.15) is 62.9 Å². The number of anilines is 1. The zero-order valence-electron chi connectivity index (χ0n) is 23.9. The van der Waals surface area contributed by atoms with Gasteiger partial charge in [-0.2, -0.15) is 0 Å². The summed E-state index contributed by atoms with van der Waals surface area (Å²) in [7, 11) is 0. The molecule has 1 atom stereocenters. The first-order valence-corrected chi connectivity index (χ1v) is 14.7. The highest BCUT2D eigenvalue weighted by molar-refractivity contribution is 7.15. The maximum atomic E-state index is 13.3. The molecule has 0 aliphatic heterocycles. The van der Waals surface area contributed by atoms with Gasteiger partial charge in [0.15, 0.2) is 4.96 Å². The monoisotopic (exact) mass is 595 g/mol. The minimum Gasteiger partial charge on any atom is -0.353 e. The predicted octanol–water partition coefficient (Wildman–Crippen LogP) is 2.98. The highest BCUT2D eigenvalue weighted by Gasteiger charge is 2.23. The molecule has 0 saturated carbocycles. The molecule has 12 nitrogen and oxygen atoms in total. The van der Waals surface area contributed by atoms with E-state index in [4.69, 9.17) is 0 Å². The summed E-state index contributed by atoms with van der Waals surface area (Å²) < 4.78 is 2.87. The van der Waals surface area contributed by atoms with E-state index in [0.29, 0.717) is 30.0 Å². The van der Waals surface area contributed by atoms with Crippen LogP contribution in [-0.4, -0.2) is 50.2 Å². The molecule has 3 rings (SSSR count). The van der Waals surface area contributed by atoms with Crippen molar-refractivity contribution in [3.63, 3.8) is 0 Å². The molecule has 224 valence electrons. The SMILES string of the molecule is C=C(CC)NC(=O)Cn1cccc(NC(=O)[C@H](CC/C=C/C(=O)NCCCCC)NC(=O)c2cn3ccsc3n2)c1=O. The van der Waals surface area contributed by atoms with Crippen molar-refractivity contribution in [3.8, 4) is 0 Å². The molecule has 3 heterocycles. The molecule has 0 fully saturated rings. The number of hydrogen-bond acceptors (Lipinski definition) is 7. The van der Waals surface area contributed by atoms with Crippen LogP contribution in [0.25, 0.3) is 4.96 Å². The molecule has 0 bridgehead atoms. The second-order valence-electron chi connectivity index (χ2n) is 9.57. The molecule has 13 heteroatoms. The Hall–Kier alpha value is -4.52. The van der Waals surface area contributed by atoms with Crippen molar-refractivity contribution in [2.45, 2.75) is 65.0 Å². The smallest absolute Gasteiger partial charge is 0.274 e. The molecule has 42 heavy (non-hydrogen) atoms. The number of unbranched alkanes of at least 4 members (excludes halogenated alkanes) is 2. The summed E-state index contributed by atoms with van der Waals surface area (Å²) in [5.74, 6) is -1.83. The topological polar surface area (TPSA) is 156 Å². The number of carbonyl (C=O) groups excluding carboxylic acids is 4. The van der Waals surface area contributed by atoms with Gasteiger partial charge in [-0.05, 0) is 43.9 Å². The fourth-order valence-electron chi connectivity index (χ4n) is 3.89. The predicted molar refractivity (Wildman–Crippen MR) is 162 cm³/mol. The summed E-state index contributed by atoms with van der Waals surface area (Å²) in [5.41, 5.74) is 0.0376. The lowest BCUT2D eigenvalue weighted by Gasteiger charge is -2.18. The summed E-state index contributed by atoms with van der Waals surface area (Å²) in [4.78, 5) is 68.5. The zero-order valence-corrected chi connectivity index (χ0v) is 24.7. The van der Waals surface area contributed by atoms with Crippen molar-refractivity contribution in [2.24, 2.45) is 0 Å². The van der Waals surface area contributed by atoms with Crippen molar-refractivity contribution in [1.29, 1.82) is 0 Å². The quantitative estimate of drug-likeness (QED) is 0.147. The number of thiazole rings is 1. The van der Waals surface area contributed by atoms with Crippen LogP contribution in [0.15, 0.2) is 65.3 Å². The number of amides is 4. The summed E-state index contributed by atoms with van der Waals surface area (Å²) in [6.45, 7) is 7.98. The Kier molecular flexibility index (Phi) is 12.2. The van der Waals surface area contributed by atoms with E-state index in [-0.39, 0.29) is 30.3 Å². The number of fused-ring (bicyclic) bond motifs is 1. The molecule has 4 amide bonds. The van der Waals surface area contributed by atoms with E-state index in [1.165, 1.54) is 40.3 Å². The number of pyridine rings is 1. The molecule has 0 saturated heterocycles. The minimum absolute atomic E-state index is 0.0478. The Morgan fingerprint density at radius 3 is 2.71 bits per heavy atom. The van der Waals surface area contributed by atoms with Gasteiger partial charge >= 0.3 is 0 Å². The number of hydrogen-bond donors (Lipinski definition) is 4. The number of aromatic nitrogens is 3. The van der Waals surface area contributed by atoms with Crippen molar-refractivity contribution in [2.75, 3.05) is 11.9 Å². The van der Waals surface area contributed by atoms with Gasteiger partial charge in [-0.3, -0.25) is 28.4 Å². The first-order chi connectivity index (χ1) is 20.2. The molecular weight excluding hydrogens is 558 g/mol.